The van der Waals surface area contributed by atoms with Gasteiger partial charge in [-0.2, -0.15) is 13.2 Å². The van der Waals surface area contributed by atoms with Gasteiger partial charge in [-0.15, -0.1) is 0 Å². The third kappa shape index (κ3) is 4.99. The van der Waals surface area contributed by atoms with E-state index in [4.69, 9.17) is 20.8 Å². The summed E-state index contributed by atoms with van der Waals surface area (Å²) < 4.78 is 51.2. The normalized spacial score (nSPS) is 13.2. The molecule has 8 nitrogen and oxygen atoms in total. The Morgan fingerprint density at radius 3 is 2.59 bits per heavy atom. The first-order valence-corrected chi connectivity index (χ1v) is 10.1. The second-order valence-corrected chi connectivity index (χ2v) is 7.55. The summed E-state index contributed by atoms with van der Waals surface area (Å²) in [5.74, 6) is -1.94. The predicted octanol–water partition coefficient (Wildman–Crippen LogP) is 4.57. The SMILES string of the molecule is O=C(CN1C(=O)COc2ccc(Cl)cc21)Nc1ccc(NC(=O)c2ccco2)cc1C(F)(F)F. The Labute approximate surface area is 195 Å². The van der Waals surface area contributed by atoms with Gasteiger partial charge in [-0.05, 0) is 48.5 Å². The van der Waals surface area contributed by atoms with Crippen molar-refractivity contribution in [3.05, 3.63) is 71.1 Å². The molecule has 0 unspecified atom stereocenters. The number of carbonyl (C=O) groups is 3. The third-order valence-electron chi connectivity index (χ3n) is 4.77. The average Bonchev–Trinajstić information content (AvgIpc) is 3.31. The van der Waals surface area contributed by atoms with Crippen LogP contribution in [-0.4, -0.2) is 30.9 Å². The fourth-order valence-electron chi connectivity index (χ4n) is 3.25. The number of halogens is 4. The van der Waals surface area contributed by atoms with Gasteiger partial charge in [0, 0.05) is 10.7 Å². The first kappa shape index (κ1) is 23.2. The highest BCUT2D eigenvalue weighted by atomic mass is 35.5. The van der Waals surface area contributed by atoms with E-state index in [-0.39, 0.29) is 28.8 Å². The first-order valence-electron chi connectivity index (χ1n) is 9.70. The van der Waals surface area contributed by atoms with Gasteiger partial charge in [0.1, 0.15) is 12.3 Å². The molecule has 0 saturated carbocycles. The van der Waals surface area contributed by atoms with E-state index in [1.54, 1.807) is 0 Å². The molecule has 12 heteroatoms. The van der Waals surface area contributed by atoms with E-state index >= 15 is 0 Å². The highest BCUT2D eigenvalue weighted by Gasteiger charge is 2.35. The molecule has 2 aromatic carbocycles. The van der Waals surface area contributed by atoms with Crippen LogP contribution in [0.4, 0.5) is 30.2 Å². The van der Waals surface area contributed by atoms with Gasteiger partial charge in [-0.3, -0.25) is 19.3 Å². The molecule has 0 atom stereocenters. The standard InChI is InChI=1S/C22H15ClF3N3O5/c23-12-3-6-17-16(8-12)29(20(31)11-34-17)10-19(30)28-15-5-4-13(9-14(15)22(24,25)26)27-21(32)18-2-1-7-33-18/h1-9H,10-11H2,(H,27,32)(H,28,30). The number of fused-ring (bicyclic) bond motifs is 1. The monoisotopic (exact) mass is 493 g/mol. The van der Waals surface area contributed by atoms with E-state index in [2.05, 4.69) is 10.6 Å². The number of rotatable bonds is 5. The molecule has 0 radical (unpaired) electrons. The third-order valence-corrected chi connectivity index (χ3v) is 5.00. The maximum Gasteiger partial charge on any atom is 0.418 e. The van der Waals surface area contributed by atoms with Crippen molar-refractivity contribution < 1.29 is 36.7 Å². The van der Waals surface area contributed by atoms with Crippen LogP contribution in [-0.2, 0) is 15.8 Å². The van der Waals surface area contributed by atoms with E-state index in [9.17, 15) is 27.6 Å². The smallest absolute Gasteiger partial charge is 0.418 e. The molecule has 0 bridgehead atoms. The Morgan fingerprint density at radius 1 is 1.09 bits per heavy atom. The summed E-state index contributed by atoms with van der Waals surface area (Å²) in [6.07, 6.45) is -3.59. The molecule has 0 saturated heterocycles. The maximum atomic E-state index is 13.7. The van der Waals surface area contributed by atoms with Crippen LogP contribution in [0, 0.1) is 0 Å². The van der Waals surface area contributed by atoms with Crippen LogP contribution in [0.25, 0.3) is 0 Å². The summed E-state index contributed by atoms with van der Waals surface area (Å²) >= 11 is 5.96. The van der Waals surface area contributed by atoms with Gasteiger partial charge in [0.25, 0.3) is 11.8 Å². The number of ether oxygens (including phenoxy) is 1. The van der Waals surface area contributed by atoms with Crippen molar-refractivity contribution >= 4 is 46.4 Å². The molecule has 3 amide bonds. The lowest BCUT2D eigenvalue weighted by atomic mass is 10.1. The number of benzene rings is 2. The number of hydrogen-bond acceptors (Lipinski definition) is 5. The number of furan rings is 1. The van der Waals surface area contributed by atoms with E-state index < -0.39 is 41.7 Å². The molecule has 2 N–H and O–H groups in total. The van der Waals surface area contributed by atoms with Crippen molar-refractivity contribution in [3.63, 3.8) is 0 Å². The molecule has 0 aliphatic carbocycles. The quantitative estimate of drug-likeness (QED) is 0.542. The number of anilines is 3. The second kappa shape index (κ2) is 9.10. The Bertz CT molecular complexity index is 1260. The minimum atomic E-state index is -4.84. The van der Waals surface area contributed by atoms with Crippen molar-refractivity contribution in [3.8, 4) is 5.75 Å². The maximum absolute atomic E-state index is 13.7. The van der Waals surface area contributed by atoms with E-state index in [1.165, 1.54) is 42.7 Å². The molecular weight excluding hydrogens is 479 g/mol. The number of amides is 3. The molecule has 1 aliphatic rings. The number of carbonyl (C=O) groups excluding carboxylic acids is 3. The second-order valence-electron chi connectivity index (χ2n) is 7.12. The summed E-state index contributed by atoms with van der Waals surface area (Å²) in [6.45, 7) is -0.899. The van der Waals surface area contributed by atoms with Gasteiger partial charge in [0.2, 0.25) is 5.91 Å². The molecule has 34 heavy (non-hydrogen) atoms. The lowest BCUT2D eigenvalue weighted by Crippen LogP contribution is -2.43. The van der Waals surface area contributed by atoms with Gasteiger partial charge in [-0.1, -0.05) is 11.6 Å². The molecule has 0 spiro atoms. The van der Waals surface area contributed by atoms with Crippen LogP contribution in [0.2, 0.25) is 5.02 Å². The Kier molecular flexibility index (Phi) is 6.20. The van der Waals surface area contributed by atoms with Crippen LogP contribution < -0.4 is 20.3 Å². The van der Waals surface area contributed by atoms with Crippen molar-refractivity contribution in [2.45, 2.75) is 6.18 Å². The average molecular weight is 494 g/mol. The fourth-order valence-corrected chi connectivity index (χ4v) is 3.41. The highest BCUT2D eigenvalue weighted by molar-refractivity contribution is 6.31. The van der Waals surface area contributed by atoms with E-state index in [0.29, 0.717) is 11.8 Å². The van der Waals surface area contributed by atoms with Crippen LogP contribution in [0.1, 0.15) is 16.1 Å². The number of nitrogens with zero attached hydrogens (tertiary/aromatic N) is 1. The fraction of sp³-hybridized carbons (Fsp3) is 0.136. The highest BCUT2D eigenvalue weighted by Crippen LogP contribution is 2.37. The van der Waals surface area contributed by atoms with Crippen LogP contribution in [0.3, 0.4) is 0 Å². The van der Waals surface area contributed by atoms with Gasteiger partial charge >= 0.3 is 6.18 Å². The van der Waals surface area contributed by atoms with Crippen molar-refractivity contribution in [2.24, 2.45) is 0 Å². The largest absolute Gasteiger partial charge is 0.482 e. The topological polar surface area (TPSA) is 101 Å². The van der Waals surface area contributed by atoms with Crippen LogP contribution in [0.15, 0.2) is 59.2 Å². The lowest BCUT2D eigenvalue weighted by Gasteiger charge is -2.29. The van der Waals surface area contributed by atoms with Gasteiger partial charge < -0.3 is 19.8 Å². The van der Waals surface area contributed by atoms with Crippen LogP contribution >= 0.6 is 11.6 Å². The predicted molar refractivity (Wildman–Crippen MR) is 116 cm³/mol. The van der Waals surface area contributed by atoms with Gasteiger partial charge in [0.15, 0.2) is 12.4 Å². The minimum absolute atomic E-state index is 0.0819. The molecule has 3 aromatic rings. The van der Waals surface area contributed by atoms with E-state index in [1.807, 2.05) is 0 Å². The number of nitrogens with one attached hydrogen (secondary N) is 2. The summed E-state index contributed by atoms with van der Waals surface area (Å²) in [6, 6.07) is 10.2. The summed E-state index contributed by atoms with van der Waals surface area (Å²) in [4.78, 5) is 38.0. The molecule has 176 valence electrons. The van der Waals surface area contributed by atoms with Crippen molar-refractivity contribution in [2.75, 3.05) is 28.7 Å². The zero-order chi connectivity index (χ0) is 24.5. The molecule has 4 rings (SSSR count). The Hall–Kier alpha value is -3.99. The summed E-state index contributed by atoms with van der Waals surface area (Å²) in [7, 11) is 0. The summed E-state index contributed by atoms with van der Waals surface area (Å²) in [5, 5.41) is 4.77. The molecular formula is C22H15ClF3N3O5. The van der Waals surface area contributed by atoms with Crippen LogP contribution in [0.5, 0.6) is 5.75 Å². The zero-order valence-corrected chi connectivity index (χ0v) is 17.9. The minimum Gasteiger partial charge on any atom is -0.482 e. The molecule has 0 fully saturated rings. The van der Waals surface area contributed by atoms with Crippen molar-refractivity contribution in [1.29, 1.82) is 0 Å². The number of hydrogen-bond donors (Lipinski definition) is 2. The molecule has 2 heterocycles. The summed E-state index contributed by atoms with van der Waals surface area (Å²) in [5.41, 5.74) is -1.65. The zero-order valence-electron chi connectivity index (χ0n) is 17.1. The lowest BCUT2D eigenvalue weighted by molar-refractivity contribution is -0.137. The number of alkyl halides is 3. The molecule has 1 aromatic heterocycles. The van der Waals surface area contributed by atoms with Gasteiger partial charge in [0.05, 0.1) is 23.2 Å². The molecule has 1 aliphatic heterocycles. The van der Waals surface area contributed by atoms with Gasteiger partial charge in [-0.25, -0.2) is 0 Å². The van der Waals surface area contributed by atoms with Crippen molar-refractivity contribution in [1.82, 2.24) is 0 Å². The Morgan fingerprint density at radius 2 is 1.88 bits per heavy atom. The van der Waals surface area contributed by atoms with E-state index in [0.717, 1.165) is 11.0 Å². The Balaban J connectivity index is 1.54. The first-order chi connectivity index (χ1) is 16.1.